The maximum Gasteiger partial charge on any atom is 0.335 e. The summed E-state index contributed by atoms with van der Waals surface area (Å²) in [5.41, 5.74) is -1.03. The van der Waals surface area contributed by atoms with Crippen molar-refractivity contribution in [2.24, 2.45) is 17.3 Å². The Morgan fingerprint density at radius 1 is 1.09 bits per heavy atom. The number of thiophene rings is 1. The van der Waals surface area contributed by atoms with Gasteiger partial charge in [-0.05, 0) is 38.2 Å². The van der Waals surface area contributed by atoms with Crippen molar-refractivity contribution in [1.29, 1.82) is 0 Å². The average Bonchev–Trinajstić information content (AvgIpc) is 3.41. The summed E-state index contributed by atoms with van der Waals surface area (Å²) in [6, 6.07) is 7.66. The maximum atomic E-state index is 13.4. The van der Waals surface area contributed by atoms with Crippen LogP contribution in [0.2, 0.25) is 5.02 Å². The third-order valence-corrected chi connectivity index (χ3v) is 10.6. The Hall–Kier alpha value is -2.68. The van der Waals surface area contributed by atoms with E-state index in [9.17, 15) is 39.9 Å². The molecule has 1 aromatic carbocycles. The van der Waals surface area contributed by atoms with E-state index in [1.54, 1.807) is 26.0 Å². The van der Waals surface area contributed by atoms with Gasteiger partial charge < -0.3 is 40.1 Å². The van der Waals surface area contributed by atoms with E-state index in [0.29, 0.717) is 30.7 Å². The molecule has 13 heteroatoms. The molecule has 11 nitrogen and oxygen atoms in total. The van der Waals surface area contributed by atoms with Crippen LogP contribution in [0.15, 0.2) is 48.6 Å². The van der Waals surface area contributed by atoms with Crippen LogP contribution in [-0.4, -0.2) is 91.3 Å². The number of aliphatic hydroxyl groups excluding tert-OH is 4. The average molecular weight is 681 g/mol. The lowest BCUT2D eigenvalue weighted by molar-refractivity contribution is -0.300. The van der Waals surface area contributed by atoms with Gasteiger partial charge in [0.05, 0.1) is 22.6 Å². The van der Waals surface area contributed by atoms with Gasteiger partial charge in [0.2, 0.25) is 0 Å². The van der Waals surface area contributed by atoms with Crippen LogP contribution in [0, 0.1) is 17.3 Å². The summed E-state index contributed by atoms with van der Waals surface area (Å²) in [5.74, 6) is -3.71. The topological polar surface area (TPSA) is 191 Å². The number of rotatable bonds is 14. The molecule has 2 unspecified atom stereocenters. The van der Waals surface area contributed by atoms with Crippen molar-refractivity contribution >= 4 is 50.7 Å². The minimum atomic E-state index is -1.88. The van der Waals surface area contributed by atoms with Gasteiger partial charge in [-0.15, -0.1) is 11.3 Å². The highest BCUT2D eigenvalue weighted by Gasteiger charge is 2.53. The maximum absolute atomic E-state index is 13.4. The van der Waals surface area contributed by atoms with Crippen LogP contribution < -0.4 is 0 Å². The molecule has 1 saturated heterocycles. The highest BCUT2D eigenvalue weighted by atomic mass is 35.5. The van der Waals surface area contributed by atoms with E-state index in [2.05, 4.69) is 0 Å². The van der Waals surface area contributed by atoms with Crippen LogP contribution in [0.25, 0.3) is 10.1 Å². The number of Topliss-reactive ketones (excluding diaryl/α,β-unsaturated/α-hetero) is 1. The molecule has 0 spiro atoms. The lowest BCUT2D eigenvalue weighted by Gasteiger charge is -2.39. The van der Waals surface area contributed by atoms with E-state index in [1.165, 1.54) is 11.3 Å². The van der Waals surface area contributed by atoms with Crippen LogP contribution >= 0.6 is 22.9 Å². The summed E-state index contributed by atoms with van der Waals surface area (Å²) in [4.78, 5) is 36.7. The van der Waals surface area contributed by atoms with Crippen LogP contribution in [-0.2, 0) is 30.3 Å². The number of benzene rings is 1. The fourth-order valence-corrected chi connectivity index (χ4v) is 7.57. The normalized spacial score (nSPS) is 30.5. The molecular weight excluding hydrogens is 640 g/mol. The number of carbonyl (C=O) groups excluding carboxylic acids is 1. The molecule has 252 valence electrons. The Labute approximate surface area is 275 Å². The second-order valence-corrected chi connectivity index (χ2v) is 13.9. The number of unbranched alkanes of at least 4 members (excludes halogenated alkanes) is 1. The van der Waals surface area contributed by atoms with E-state index < -0.39 is 72.1 Å². The number of aryl methyl sites for hydroxylation is 1. The molecule has 1 aromatic heterocycles. The second-order valence-electron chi connectivity index (χ2n) is 12.4. The fraction of sp³-hybridized carbons (Fsp3) is 0.545. The zero-order valence-corrected chi connectivity index (χ0v) is 27.1. The zero-order valence-electron chi connectivity index (χ0n) is 25.6. The Morgan fingerprint density at radius 2 is 1.80 bits per heavy atom. The molecule has 1 aliphatic carbocycles. The highest BCUT2D eigenvalue weighted by molar-refractivity contribution is 7.19. The first-order valence-electron chi connectivity index (χ1n) is 15.2. The van der Waals surface area contributed by atoms with E-state index in [-0.39, 0.29) is 18.6 Å². The van der Waals surface area contributed by atoms with Crippen molar-refractivity contribution in [2.45, 2.75) is 95.3 Å². The van der Waals surface area contributed by atoms with Crippen molar-refractivity contribution in [3.8, 4) is 0 Å². The summed E-state index contributed by atoms with van der Waals surface area (Å²) in [5, 5.41) is 62.1. The van der Waals surface area contributed by atoms with Crippen molar-refractivity contribution < 1.29 is 54.5 Å². The predicted molar refractivity (Wildman–Crippen MR) is 171 cm³/mol. The summed E-state index contributed by atoms with van der Waals surface area (Å²) in [6.07, 6.45) is -1.75. The first kappa shape index (κ1) is 36.2. The van der Waals surface area contributed by atoms with E-state index in [4.69, 9.17) is 26.2 Å². The summed E-state index contributed by atoms with van der Waals surface area (Å²) in [6.45, 7) is 3.36. The molecular formula is C33H41ClO11S. The number of aliphatic hydroxyl groups is 4. The lowest BCUT2D eigenvalue weighted by atomic mass is 9.86. The van der Waals surface area contributed by atoms with Gasteiger partial charge >= 0.3 is 11.9 Å². The van der Waals surface area contributed by atoms with Gasteiger partial charge in [0.25, 0.3) is 0 Å². The molecule has 1 aliphatic heterocycles. The molecule has 0 amide bonds. The number of hydrogen-bond acceptors (Lipinski definition) is 10. The van der Waals surface area contributed by atoms with Gasteiger partial charge in [0.1, 0.15) is 24.1 Å². The van der Waals surface area contributed by atoms with Crippen molar-refractivity contribution in [2.75, 3.05) is 0 Å². The molecule has 2 fully saturated rings. The minimum Gasteiger partial charge on any atom is -0.481 e. The Bertz CT molecular complexity index is 1450. The number of halogens is 1. The Kier molecular flexibility index (Phi) is 12.2. The van der Waals surface area contributed by atoms with Crippen LogP contribution in [0.3, 0.4) is 0 Å². The standard InChI is InChI=1S/C33H41ClO11S/c1-33(2)29(40)18(9-5-3-4-6-12-23(35)36)19(30(33)41)15-13-17(14-16-22-24(34)20-10-7-8-11-21(20)46-22)44-32-27(39)25(37)26(38)28(45-32)31(42)43/h3,5,7-8,10-11,13,15,17-19,25-28,30,32,37-39,41H,4,6,9,12,14,16H2,1-2H3,(H,35,36)(H,42,43)/b5-3-,15-13+/t17?,18-,19-,25+,26+,27-,28+,30+,32?/m1/s1. The Balaban J connectivity index is 1.57. The zero-order chi connectivity index (χ0) is 33.8. The first-order chi connectivity index (χ1) is 21.7. The largest absolute Gasteiger partial charge is 0.481 e. The number of aliphatic carboxylic acids is 2. The third-order valence-electron chi connectivity index (χ3n) is 8.79. The SMILES string of the molecule is CC1(C)C(=O)[C@H](C/C=C\CCCC(=O)O)[C@@H](/C=C/C(CCc2sc3ccccc3c2Cl)OC2O[C@H](C(=O)O)[C@@H](O)[C@H](O)[C@H]2O)[C@@H]1O. The van der Waals surface area contributed by atoms with Crippen LogP contribution in [0.1, 0.15) is 50.8 Å². The van der Waals surface area contributed by atoms with Crippen molar-refractivity contribution in [3.05, 3.63) is 58.5 Å². The first-order valence-corrected chi connectivity index (χ1v) is 16.4. The monoisotopic (exact) mass is 680 g/mol. The number of carboxylic acids is 2. The number of carbonyl (C=O) groups is 3. The molecule has 0 bridgehead atoms. The minimum absolute atomic E-state index is 0.0422. The lowest BCUT2D eigenvalue weighted by Crippen LogP contribution is -2.60. The van der Waals surface area contributed by atoms with Gasteiger partial charge in [0, 0.05) is 33.2 Å². The molecule has 2 aromatic rings. The molecule has 2 aliphatic rings. The molecule has 0 radical (unpaired) electrons. The molecule has 46 heavy (non-hydrogen) atoms. The highest BCUT2D eigenvalue weighted by Crippen LogP contribution is 2.45. The van der Waals surface area contributed by atoms with E-state index in [0.717, 1.165) is 15.0 Å². The summed E-state index contributed by atoms with van der Waals surface area (Å²) >= 11 is 8.17. The molecule has 9 atom stereocenters. The number of ketones is 1. The van der Waals surface area contributed by atoms with Gasteiger partial charge in [0.15, 0.2) is 12.4 Å². The van der Waals surface area contributed by atoms with Crippen LogP contribution in [0.4, 0.5) is 0 Å². The quantitative estimate of drug-likeness (QED) is 0.126. The molecule has 2 heterocycles. The van der Waals surface area contributed by atoms with E-state index in [1.807, 2.05) is 36.4 Å². The smallest absolute Gasteiger partial charge is 0.335 e. The van der Waals surface area contributed by atoms with E-state index >= 15 is 0 Å². The third kappa shape index (κ3) is 8.06. The van der Waals surface area contributed by atoms with Gasteiger partial charge in [-0.1, -0.05) is 68.0 Å². The number of allylic oxidation sites excluding steroid dienone is 2. The molecule has 4 rings (SSSR count). The molecule has 6 N–H and O–H groups in total. The van der Waals surface area contributed by atoms with Crippen molar-refractivity contribution in [1.82, 2.24) is 0 Å². The number of ether oxygens (including phenoxy) is 2. The molecule has 1 saturated carbocycles. The summed E-state index contributed by atoms with van der Waals surface area (Å²) in [7, 11) is 0. The predicted octanol–water partition coefficient (Wildman–Crippen LogP) is 3.72. The number of hydrogen-bond donors (Lipinski definition) is 6. The van der Waals surface area contributed by atoms with Gasteiger partial charge in [-0.2, -0.15) is 0 Å². The van der Waals surface area contributed by atoms with Gasteiger partial charge in [-0.25, -0.2) is 4.79 Å². The van der Waals surface area contributed by atoms with Gasteiger partial charge in [-0.3, -0.25) is 9.59 Å². The summed E-state index contributed by atoms with van der Waals surface area (Å²) < 4.78 is 12.4. The van der Waals surface area contributed by atoms with Crippen LogP contribution in [0.5, 0.6) is 0 Å². The fourth-order valence-electron chi connectivity index (χ4n) is 6.03. The van der Waals surface area contributed by atoms with Crippen molar-refractivity contribution in [3.63, 3.8) is 0 Å². The number of carboxylic acid groups (broad SMARTS) is 2. The second kappa shape index (κ2) is 15.5. The number of fused-ring (bicyclic) bond motifs is 1. The Morgan fingerprint density at radius 3 is 2.48 bits per heavy atom.